The molecule has 2 rings (SSSR count). The van der Waals surface area contributed by atoms with Crippen molar-refractivity contribution in [3.63, 3.8) is 0 Å². The predicted octanol–water partition coefficient (Wildman–Crippen LogP) is 3.71. The highest BCUT2D eigenvalue weighted by molar-refractivity contribution is 14.1. The van der Waals surface area contributed by atoms with Crippen LogP contribution in [0.4, 0.5) is 10.5 Å². The molecule has 2 amide bonds. The molecule has 3 nitrogen and oxygen atoms in total. The maximum Gasteiger partial charge on any atom is 0.318 e. The summed E-state index contributed by atoms with van der Waals surface area (Å²) >= 11 is 2.29. The van der Waals surface area contributed by atoms with E-state index in [1.807, 2.05) is 30.3 Å². The van der Waals surface area contributed by atoms with Crippen LogP contribution < -0.4 is 10.6 Å². The lowest BCUT2D eigenvalue weighted by Gasteiger charge is -2.06. The van der Waals surface area contributed by atoms with Crippen molar-refractivity contribution in [2.75, 3.05) is 12.4 Å². The zero-order chi connectivity index (χ0) is 13.0. The van der Waals surface area contributed by atoms with Gasteiger partial charge < -0.3 is 10.6 Å². The van der Waals surface area contributed by atoms with E-state index >= 15 is 0 Å². The first-order valence-electron chi connectivity index (χ1n) is 5.54. The van der Waals surface area contributed by atoms with Crippen LogP contribution in [-0.4, -0.2) is 13.1 Å². The smallest absolute Gasteiger partial charge is 0.318 e. The number of halogens is 1. The van der Waals surface area contributed by atoms with Gasteiger partial charge in [-0.15, -0.1) is 0 Å². The Hall–Kier alpha value is -1.56. The van der Waals surface area contributed by atoms with Gasteiger partial charge in [-0.25, -0.2) is 4.79 Å². The molecular weight excluding hydrogens is 339 g/mol. The Kier molecular flexibility index (Phi) is 4.19. The Labute approximate surface area is 120 Å². The zero-order valence-corrected chi connectivity index (χ0v) is 12.1. The quantitative estimate of drug-likeness (QED) is 0.795. The Morgan fingerprint density at radius 1 is 1.06 bits per heavy atom. The molecule has 0 aliphatic rings. The molecule has 4 heteroatoms. The molecular formula is C14H13IN2O. The molecule has 0 atom stereocenters. The number of anilines is 1. The summed E-state index contributed by atoms with van der Waals surface area (Å²) in [7, 11) is 1.59. The Morgan fingerprint density at radius 2 is 1.78 bits per heavy atom. The summed E-state index contributed by atoms with van der Waals surface area (Å²) in [5.74, 6) is 0. The summed E-state index contributed by atoms with van der Waals surface area (Å²) in [4.78, 5) is 11.2. The van der Waals surface area contributed by atoms with E-state index in [0.717, 1.165) is 11.3 Å². The van der Waals surface area contributed by atoms with Gasteiger partial charge in [-0.1, -0.05) is 24.3 Å². The highest BCUT2D eigenvalue weighted by atomic mass is 127. The third kappa shape index (κ3) is 3.22. The van der Waals surface area contributed by atoms with Crippen LogP contribution >= 0.6 is 22.6 Å². The van der Waals surface area contributed by atoms with Crippen LogP contribution in [0.2, 0.25) is 0 Å². The van der Waals surface area contributed by atoms with E-state index in [2.05, 4.69) is 51.4 Å². The van der Waals surface area contributed by atoms with Gasteiger partial charge in [0.25, 0.3) is 0 Å². The maximum absolute atomic E-state index is 11.2. The van der Waals surface area contributed by atoms with Crippen LogP contribution in [0.3, 0.4) is 0 Å². The van der Waals surface area contributed by atoms with Gasteiger partial charge in [-0.05, 0) is 58.0 Å². The summed E-state index contributed by atoms with van der Waals surface area (Å²) in [6, 6.07) is 15.9. The Balaban J connectivity index is 2.19. The summed E-state index contributed by atoms with van der Waals surface area (Å²) in [6.07, 6.45) is 0. The van der Waals surface area contributed by atoms with E-state index in [9.17, 15) is 4.79 Å². The maximum atomic E-state index is 11.2. The predicted molar refractivity (Wildman–Crippen MR) is 82.7 cm³/mol. The van der Waals surface area contributed by atoms with Crippen LogP contribution in [0.5, 0.6) is 0 Å². The molecule has 0 radical (unpaired) electrons. The van der Waals surface area contributed by atoms with Gasteiger partial charge in [0.05, 0.1) is 0 Å². The van der Waals surface area contributed by atoms with E-state index in [4.69, 9.17) is 0 Å². The SMILES string of the molecule is CNC(=O)Nc1ccc(-c2cccc(I)c2)cc1. The molecule has 0 aliphatic heterocycles. The standard InChI is InChI=1S/C14H13IN2O/c1-16-14(18)17-13-7-5-10(6-8-13)11-3-2-4-12(15)9-11/h2-9H,1H3,(H2,16,17,18). The lowest BCUT2D eigenvalue weighted by molar-refractivity contribution is 0.254. The summed E-state index contributed by atoms with van der Waals surface area (Å²) in [5, 5.41) is 5.25. The van der Waals surface area contributed by atoms with Crippen molar-refractivity contribution in [2.45, 2.75) is 0 Å². The highest BCUT2D eigenvalue weighted by Gasteiger charge is 2.00. The fourth-order valence-electron chi connectivity index (χ4n) is 1.61. The van der Waals surface area contributed by atoms with Gasteiger partial charge in [0, 0.05) is 16.3 Å². The molecule has 0 saturated heterocycles. The summed E-state index contributed by atoms with van der Waals surface area (Å²) in [6.45, 7) is 0. The van der Waals surface area contributed by atoms with Gasteiger partial charge in [0.15, 0.2) is 0 Å². The second kappa shape index (κ2) is 5.86. The molecule has 2 aromatic rings. The van der Waals surface area contributed by atoms with Crippen LogP contribution in [0.15, 0.2) is 48.5 Å². The first-order chi connectivity index (χ1) is 8.69. The topological polar surface area (TPSA) is 41.1 Å². The van der Waals surface area contributed by atoms with Crippen molar-refractivity contribution in [1.82, 2.24) is 5.32 Å². The first kappa shape index (κ1) is 12.9. The Bertz CT molecular complexity index is 552. The monoisotopic (exact) mass is 352 g/mol. The largest absolute Gasteiger partial charge is 0.341 e. The van der Waals surface area contributed by atoms with E-state index in [-0.39, 0.29) is 6.03 Å². The normalized spacial score (nSPS) is 9.89. The molecule has 0 spiro atoms. The van der Waals surface area contributed by atoms with Crippen LogP contribution in [-0.2, 0) is 0 Å². The van der Waals surface area contributed by atoms with Crippen molar-refractivity contribution >= 4 is 34.3 Å². The van der Waals surface area contributed by atoms with Gasteiger partial charge in [-0.3, -0.25) is 0 Å². The molecule has 92 valence electrons. The minimum atomic E-state index is -0.211. The third-order valence-corrected chi connectivity index (χ3v) is 3.20. The second-order valence-corrected chi connectivity index (χ2v) is 5.04. The summed E-state index contributed by atoms with van der Waals surface area (Å²) < 4.78 is 1.21. The van der Waals surface area contributed by atoms with E-state index in [1.54, 1.807) is 7.05 Å². The van der Waals surface area contributed by atoms with Crippen LogP contribution in [0, 0.1) is 3.57 Å². The fourth-order valence-corrected chi connectivity index (χ4v) is 2.15. The molecule has 0 fully saturated rings. The minimum Gasteiger partial charge on any atom is -0.341 e. The lowest BCUT2D eigenvalue weighted by atomic mass is 10.1. The van der Waals surface area contributed by atoms with Crippen molar-refractivity contribution in [2.24, 2.45) is 0 Å². The van der Waals surface area contributed by atoms with E-state index in [0.29, 0.717) is 0 Å². The van der Waals surface area contributed by atoms with Gasteiger partial charge in [-0.2, -0.15) is 0 Å². The number of hydrogen-bond acceptors (Lipinski definition) is 1. The lowest BCUT2D eigenvalue weighted by Crippen LogP contribution is -2.24. The average molecular weight is 352 g/mol. The first-order valence-corrected chi connectivity index (χ1v) is 6.61. The number of nitrogens with one attached hydrogen (secondary N) is 2. The van der Waals surface area contributed by atoms with E-state index in [1.165, 1.54) is 9.13 Å². The molecule has 18 heavy (non-hydrogen) atoms. The zero-order valence-electron chi connectivity index (χ0n) is 9.91. The van der Waals surface area contributed by atoms with Crippen LogP contribution in [0.25, 0.3) is 11.1 Å². The number of rotatable bonds is 2. The number of carbonyl (C=O) groups is 1. The van der Waals surface area contributed by atoms with Gasteiger partial charge in [0.2, 0.25) is 0 Å². The Morgan fingerprint density at radius 3 is 2.39 bits per heavy atom. The highest BCUT2D eigenvalue weighted by Crippen LogP contribution is 2.22. The number of carbonyl (C=O) groups excluding carboxylic acids is 1. The molecule has 2 aromatic carbocycles. The summed E-state index contributed by atoms with van der Waals surface area (Å²) in [5.41, 5.74) is 3.09. The molecule has 0 heterocycles. The van der Waals surface area contributed by atoms with Crippen LogP contribution in [0.1, 0.15) is 0 Å². The van der Waals surface area contributed by atoms with Gasteiger partial charge >= 0.3 is 6.03 Å². The van der Waals surface area contributed by atoms with E-state index < -0.39 is 0 Å². The fraction of sp³-hybridized carbons (Fsp3) is 0.0714. The average Bonchev–Trinajstić information content (AvgIpc) is 2.39. The minimum absolute atomic E-state index is 0.211. The molecule has 0 aliphatic carbocycles. The third-order valence-electron chi connectivity index (χ3n) is 2.53. The van der Waals surface area contributed by atoms with Gasteiger partial charge in [0.1, 0.15) is 0 Å². The molecule has 0 saturated carbocycles. The molecule has 2 N–H and O–H groups in total. The van der Waals surface area contributed by atoms with Crippen molar-refractivity contribution in [3.05, 3.63) is 52.1 Å². The van der Waals surface area contributed by atoms with Crippen molar-refractivity contribution in [1.29, 1.82) is 0 Å². The van der Waals surface area contributed by atoms with Crippen molar-refractivity contribution < 1.29 is 4.79 Å². The van der Waals surface area contributed by atoms with Crippen molar-refractivity contribution in [3.8, 4) is 11.1 Å². The second-order valence-electron chi connectivity index (χ2n) is 3.79. The number of amides is 2. The number of urea groups is 1. The number of hydrogen-bond donors (Lipinski definition) is 2. The molecule has 0 bridgehead atoms. The molecule has 0 unspecified atom stereocenters. The number of benzene rings is 2. The molecule has 0 aromatic heterocycles.